The van der Waals surface area contributed by atoms with Crippen LogP contribution in [0.25, 0.3) is 0 Å². The predicted octanol–water partition coefficient (Wildman–Crippen LogP) is 2.66. The van der Waals surface area contributed by atoms with Crippen LogP contribution in [-0.2, 0) is 19.6 Å². The summed E-state index contributed by atoms with van der Waals surface area (Å²) in [6, 6.07) is 0. The van der Waals surface area contributed by atoms with Crippen LogP contribution in [0.2, 0.25) is 0 Å². The highest BCUT2D eigenvalue weighted by atomic mass is 35.5. The summed E-state index contributed by atoms with van der Waals surface area (Å²) in [6.07, 6.45) is 2.42. The second kappa shape index (κ2) is 7.92. The summed E-state index contributed by atoms with van der Waals surface area (Å²) in [6.45, 7) is 1.63. The molecule has 21 heavy (non-hydrogen) atoms. The molecule has 0 saturated heterocycles. The largest absolute Gasteiger partial charge is 0.364 e. The first-order chi connectivity index (χ1) is 9.58. The molecule has 5 nitrogen and oxygen atoms in total. The molecule has 0 aliphatic rings. The van der Waals surface area contributed by atoms with Gasteiger partial charge in [0.2, 0.25) is 0 Å². The number of rotatable bonds is 7. The van der Waals surface area contributed by atoms with Crippen molar-refractivity contribution in [2.75, 3.05) is 12.0 Å². The monoisotopic (exact) mass is 323 g/mol. The van der Waals surface area contributed by atoms with E-state index in [1.165, 1.54) is 15.6 Å². The number of halogens is 4. The maximum atomic E-state index is 12.2. The topological polar surface area (TPSA) is 47.7 Å². The minimum atomic E-state index is -2.42. The summed E-state index contributed by atoms with van der Waals surface area (Å²) in [4.78, 5) is 0. The average Bonchev–Trinajstić information content (AvgIpc) is 2.94. The van der Waals surface area contributed by atoms with Gasteiger partial charge in [-0.3, -0.25) is 9.36 Å². The molecule has 2 aromatic rings. The average molecular weight is 324 g/mol. The zero-order valence-electron chi connectivity index (χ0n) is 11.5. The van der Waals surface area contributed by atoms with E-state index in [4.69, 9.17) is 0 Å². The van der Waals surface area contributed by atoms with Crippen LogP contribution < -0.4 is 5.32 Å². The van der Waals surface area contributed by atoms with Crippen molar-refractivity contribution in [2.45, 2.75) is 33.0 Å². The molecule has 0 atom stereocenters. The third-order valence-electron chi connectivity index (χ3n) is 2.73. The molecule has 0 bridgehead atoms. The molecule has 0 unspecified atom stereocenters. The first-order valence-electron chi connectivity index (χ1n) is 6.22. The van der Waals surface area contributed by atoms with Crippen molar-refractivity contribution >= 4 is 18.2 Å². The number of aromatic nitrogens is 4. The molecule has 2 rings (SSSR count). The highest BCUT2D eigenvalue weighted by Gasteiger charge is 2.07. The fourth-order valence-corrected chi connectivity index (χ4v) is 1.82. The van der Waals surface area contributed by atoms with Crippen molar-refractivity contribution < 1.29 is 13.2 Å². The summed E-state index contributed by atoms with van der Waals surface area (Å²) in [5, 5.41) is 11.1. The number of anilines is 1. The molecule has 9 heteroatoms. The summed E-state index contributed by atoms with van der Waals surface area (Å²) < 4.78 is 39.3. The van der Waals surface area contributed by atoms with Crippen molar-refractivity contribution in [3.63, 3.8) is 0 Å². The Balaban J connectivity index is 0.00000220. The minimum absolute atomic E-state index is 0. The van der Waals surface area contributed by atoms with Crippen LogP contribution in [0.15, 0.2) is 18.6 Å². The van der Waals surface area contributed by atoms with Crippen molar-refractivity contribution in [1.29, 1.82) is 0 Å². The maximum Gasteiger partial charge on any atom is 0.257 e. The SMILES string of the molecule is Cc1cn(CCF)nc1NCc1cnn(CC(F)F)c1.Cl. The summed E-state index contributed by atoms with van der Waals surface area (Å²) in [7, 11) is 0. The Morgan fingerprint density at radius 2 is 2.05 bits per heavy atom. The van der Waals surface area contributed by atoms with E-state index in [0.29, 0.717) is 12.4 Å². The molecule has 2 heterocycles. The predicted molar refractivity (Wildman–Crippen MR) is 75.7 cm³/mol. The number of nitrogens with zero attached hydrogens (tertiary/aromatic N) is 4. The van der Waals surface area contributed by atoms with Crippen molar-refractivity contribution in [1.82, 2.24) is 19.6 Å². The smallest absolute Gasteiger partial charge is 0.257 e. The van der Waals surface area contributed by atoms with Crippen molar-refractivity contribution in [3.8, 4) is 0 Å². The Bertz CT molecular complexity index is 555. The molecular formula is C12H17ClF3N5. The van der Waals surface area contributed by atoms with Gasteiger partial charge in [-0.05, 0) is 6.92 Å². The van der Waals surface area contributed by atoms with E-state index in [1.807, 2.05) is 6.92 Å². The Labute approximate surface area is 126 Å². The van der Waals surface area contributed by atoms with Crippen LogP contribution in [-0.4, -0.2) is 32.7 Å². The van der Waals surface area contributed by atoms with Gasteiger partial charge in [0.25, 0.3) is 6.43 Å². The standard InChI is InChI=1S/C12H16F3N5.ClH/c1-9-6-19(3-2-13)18-12(9)16-4-10-5-17-20(7-10)8-11(14)15;/h5-7,11H,2-4,8H2,1H3,(H,16,18);1H. The zero-order valence-corrected chi connectivity index (χ0v) is 12.3. The summed E-state index contributed by atoms with van der Waals surface area (Å²) in [5.74, 6) is 0.653. The lowest BCUT2D eigenvalue weighted by molar-refractivity contribution is 0.122. The van der Waals surface area contributed by atoms with Gasteiger partial charge in [0.1, 0.15) is 13.2 Å². The van der Waals surface area contributed by atoms with Gasteiger partial charge in [-0.25, -0.2) is 13.2 Å². The van der Waals surface area contributed by atoms with Gasteiger partial charge in [0.05, 0.1) is 12.7 Å². The molecule has 0 amide bonds. The molecule has 0 spiro atoms. The molecule has 118 valence electrons. The van der Waals surface area contributed by atoms with E-state index in [-0.39, 0.29) is 19.0 Å². The Kier molecular flexibility index (Phi) is 6.54. The number of nitrogens with one attached hydrogen (secondary N) is 1. The molecule has 0 fully saturated rings. The lowest BCUT2D eigenvalue weighted by atomic mass is 10.3. The zero-order chi connectivity index (χ0) is 14.5. The number of hydrogen-bond acceptors (Lipinski definition) is 3. The van der Waals surface area contributed by atoms with E-state index in [0.717, 1.165) is 11.1 Å². The number of alkyl halides is 3. The van der Waals surface area contributed by atoms with Crippen LogP contribution >= 0.6 is 12.4 Å². The minimum Gasteiger partial charge on any atom is -0.364 e. The van der Waals surface area contributed by atoms with Crippen molar-refractivity contribution in [3.05, 3.63) is 29.7 Å². The van der Waals surface area contributed by atoms with Crippen molar-refractivity contribution in [2.24, 2.45) is 0 Å². The van der Waals surface area contributed by atoms with E-state index in [9.17, 15) is 13.2 Å². The molecule has 0 radical (unpaired) electrons. The molecule has 0 aromatic carbocycles. The highest BCUT2D eigenvalue weighted by molar-refractivity contribution is 5.85. The van der Waals surface area contributed by atoms with Gasteiger partial charge in [0, 0.05) is 30.1 Å². The molecule has 0 aliphatic carbocycles. The van der Waals surface area contributed by atoms with Crippen LogP contribution in [0.3, 0.4) is 0 Å². The van der Waals surface area contributed by atoms with Crippen LogP contribution in [0.1, 0.15) is 11.1 Å². The highest BCUT2D eigenvalue weighted by Crippen LogP contribution is 2.13. The molecule has 2 aromatic heterocycles. The number of aryl methyl sites for hydroxylation is 2. The Hall–Kier alpha value is -1.70. The molecule has 1 N–H and O–H groups in total. The van der Waals surface area contributed by atoms with E-state index in [1.54, 1.807) is 12.4 Å². The van der Waals surface area contributed by atoms with Gasteiger partial charge >= 0.3 is 0 Å². The fraction of sp³-hybridized carbons (Fsp3) is 0.500. The van der Waals surface area contributed by atoms with Gasteiger partial charge in [0.15, 0.2) is 5.82 Å². The molecule has 0 saturated carbocycles. The van der Waals surface area contributed by atoms with Gasteiger partial charge < -0.3 is 5.32 Å². The third-order valence-corrected chi connectivity index (χ3v) is 2.73. The second-order valence-electron chi connectivity index (χ2n) is 4.43. The van der Waals surface area contributed by atoms with E-state index < -0.39 is 19.6 Å². The summed E-state index contributed by atoms with van der Waals surface area (Å²) in [5.41, 5.74) is 1.68. The summed E-state index contributed by atoms with van der Waals surface area (Å²) >= 11 is 0. The lowest BCUT2D eigenvalue weighted by Crippen LogP contribution is -2.06. The maximum absolute atomic E-state index is 12.2. The van der Waals surface area contributed by atoms with Gasteiger partial charge in [-0.2, -0.15) is 10.2 Å². The molecular weight excluding hydrogens is 307 g/mol. The Morgan fingerprint density at radius 3 is 2.71 bits per heavy atom. The normalized spacial score (nSPS) is 10.7. The quantitative estimate of drug-likeness (QED) is 0.852. The van der Waals surface area contributed by atoms with E-state index in [2.05, 4.69) is 15.5 Å². The van der Waals surface area contributed by atoms with Crippen LogP contribution in [0.4, 0.5) is 19.0 Å². The van der Waals surface area contributed by atoms with Gasteiger partial charge in [-0.1, -0.05) is 0 Å². The van der Waals surface area contributed by atoms with E-state index >= 15 is 0 Å². The lowest BCUT2D eigenvalue weighted by Gasteiger charge is -2.02. The first-order valence-corrected chi connectivity index (χ1v) is 6.22. The first kappa shape index (κ1) is 17.4. The fourth-order valence-electron chi connectivity index (χ4n) is 1.82. The number of hydrogen-bond donors (Lipinski definition) is 1. The molecule has 0 aliphatic heterocycles. The van der Waals surface area contributed by atoms with Crippen LogP contribution in [0, 0.1) is 6.92 Å². The third kappa shape index (κ3) is 4.96. The van der Waals surface area contributed by atoms with Crippen LogP contribution in [0.5, 0.6) is 0 Å². The Morgan fingerprint density at radius 1 is 1.29 bits per heavy atom. The van der Waals surface area contributed by atoms with Gasteiger partial charge in [-0.15, -0.1) is 12.4 Å². The second-order valence-corrected chi connectivity index (χ2v) is 4.43.